The van der Waals surface area contributed by atoms with E-state index in [2.05, 4.69) is 5.32 Å². The molecule has 0 aliphatic rings. The summed E-state index contributed by atoms with van der Waals surface area (Å²) in [5.41, 5.74) is 2.51. The number of hydrogen-bond acceptors (Lipinski definition) is 5. The number of aryl methyl sites for hydroxylation is 1. The van der Waals surface area contributed by atoms with Crippen molar-refractivity contribution in [1.82, 2.24) is 10.2 Å². The van der Waals surface area contributed by atoms with Crippen molar-refractivity contribution >= 4 is 27.5 Å². The molecule has 0 saturated carbocycles. The number of nitrogens with one attached hydrogen (secondary N) is 1. The minimum absolute atomic E-state index is 0.111. The van der Waals surface area contributed by atoms with E-state index in [1.165, 1.54) is 4.31 Å². The summed E-state index contributed by atoms with van der Waals surface area (Å²) in [7, 11) is -3.55. The molecule has 0 spiro atoms. The summed E-state index contributed by atoms with van der Waals surface area (Å²) in [5, 5.41) is 2.87. The van der Waals surface area contributed by atoms with Gasteiger partial charge in [0.25, 0.3) is 0 Å². The van der Waals surface area contributed by atoms with Crippen LogP contribution in [0.4, 0.5) is 5.69 Å². The molecule has 2 amide bonds. The molecule has 2 rings (SSSR count). The van der Waals surface area contributed by atoms with Crippen molar-refractivity contribution in [2.24, 2.45) is 0 Å². The highest BCUT2D eigenvalue weighted by Gasteiger charge is 2.26. The Balaban J connectivity index is 2.15. The summed E-state index contributed by atoms with van der Waals surface area (Å²) in [4.78, 5) is 27.6. The first-order valence-corrected chi connectivity index (χ1v) is 14.3. The van der Waals surface area contributed by atoms with Crippen LogP contribution < -0.4 is 14.4 Å². The Morgan fingerprint density at radius 3 is 2.31 bits per heavy atom. The average molecular weight is 518 g/mol. The molecule has 0 aromatic heterocycles. The molecule has 0 unspecified atom stereocenters. The Morgan fingerprint density at radius 2 is 1.72 bits per heavy atom. The first-order valence-electron chi connectivity index (χ1n) is 12.4. The number of nitrogens with zero attached hydrogens (tertiary/aromatic N) is 2. The van der Waals surface area contributed by atoms with Gasteiger partial charge in [0.05, 0.1) is 18.6 Å². The van der Waals surface area contributed by atoms with E-state index >= 15 is 0 Å². The van der Waals surface area contributed by atoms with Crippen LogP contribution in [-0.2, 0) is 26.2 Å². The second-order valence-corrected chi connectivity index (χ2v) is 10.7. The molecule has 1 atom stereocenters. The number of rotatable bonds is 14. The molecule has 0 radical (unpaired) electrons. The van der Waals surface area contributed by atoms with Crippen molar-refractivity contribution in [3.63, 3.8) is 0 Å². The fraction of sp³-hybridized carbons (Fsp3) is 0.481. The quantitative estimate of drug-likeness (QED) is 0.410. The molecule has 198 valence electrons. The molecule has 2 aromatic rings. The maximum absolute atomic E-state index is 13.3. The van der Waals surface area contributed by atoms with Crippen molar-refractivity contribution in [2.45, 2.75) is 59.5 Å². The number of anilines is 1. The smallest absolute Gasteiger partial charge is 0.242 e. The van der Waals surface area contributed by atoms with E-state index in [4.69, 9.17) is 4.74 Å². The molecule has 0 aliphatic carbocycles. The van der Waals surface area contributed by atoms with Gasteiger partial charge in [0.2, 0.25) is 21.8 Å². The van der Waals surface area contributed by atoms with Crippen molar-refractivity contribution in [1.29, 1.82) is 0 Å². The van der Waals surface area contributed by atoms with E-state index in [1.807, 2.05) is 45.0 Å². The molecule has 0 fully saturated rings. The maximum atomic E-state index is 13.3. The van der Waals surface area contributed by atoms with E-state index in [1.54, 1.807) is 36.1 Å². The third kappa shape index (κ3) is 8.55. The van der Waals surface area contributed by atoms with Crippen molar-refractivity contribution < 1.29 is 22.7 Å². The molecular formula is C27H39N3O5S. The van der Waals surface area contributed by atoms with Gasteiger partial charge in [-0.1, -0.05) is 31.2 Å². The summed E-state index contributed by atoms with van der Waals surface area (Å²) >= 11 is 0. The molecule has 0 saturated heterocycles. The third-order valence-corrected chi connectivity index (χ3v) is 7.10. The summed E-state index contributed by atoms with van der Waals surface area (Å²) in [6, 6.07) is 13.9. The minimum atomic E-state index is -3.55. The molecule has 8 nitrogen and oxygen atoms in total. The SMILES string of the molecule is CCCNC(=O)[C@H](C)N(Cc1ccccc1C)C(=O)CCCN(c1ccc(OCC)cc1)S(C)(=O)=O. The van der Waals surface area contributed by atoms with Crippen LogP contribution in [0, 0.1) is 6.92 Å². The molecule has 0 aliphatic heterocycles. The van der Waals surface area contributed by atoms with Crippen LogP contribution in [0.15, 0.2) is 48.5 Å². The van der Waals surface area contributed by atoms with Crippen LogP contribution in [0.2, 0.25) is 0 Å². The normalized spacial score (nSPS) is 12.0. The number of amides is 2. The second kappa shape index (κ2) is 13.9. The number of hydrogen-bond donors (Lipinski definition) is 1. The number of carbonyl (C=O) groups is 2. The topological polar surface area (TPSA) is 96.0 Å². The fourth-order valence-corrected chi connectivity index (χ4v) is 4.79. The largest absolute Gasteiger partial charge is 0.494 e. The van der Waals surface area contributed by atoms with Gasteiger partial charge < -0.3 is 15.0 Å². The summed E-state index contributed by atoms with van der Waals surface area (Å²) < 4.78 is 31.7. The highest BCUT2D eigenvalue weighted by molar-refractivity contribution is 7.92. The van der Waals surface area contributed by atoms with E-state index in [-0.39, 0.29) is 24.8 Å². The minimum Gasteiger partial charge on any atom is -0.494 e. The van der Waals surface area contributed by atoms with Crippen LogP contribution in [-0.4, -0.2) is 57.1 Å². The van der Waals surface area contributed by atoms with Gasteiger partial charge in [-0.25, -0.2) is 8.42 Å². The summed E-state index contributed by atoms with van der Waals surface area (Å²) in [6.45, 7) is 9.06. The van der Waals surface area contributed by atoms with Gasteiger partial charge in [-0.05, 0) is 69.0 Å². The highest BCUT2D eigenvalue weighted by atomic mass is 32.2. The zero-order chi connectivity index (χ0) is 26.7. The number of benzene rings is 2. The Morgan fingerprint density at radius 1 is 1.06 bits per heavy atom. The van der Waals surface area contributed by atoms with Crippen LogP contribution in [0.1, 0.15) is 51.2 Å². The van der Waals surface area contributed by atoms with E-state index in [0.717, 1.165) is 23.8 Å². The van der Waals surface area contributed by atoms with Crippen LogP contribution in [0.25, 0.3) is 0 Å². The number of ether oxygens (including phenoxy) is 1. The van der Waals surface area contributed by atoms with Crippen LogP contribution >= 0.6 is 0 Å². The Bertz CT molecular complexity index is 1100. The predicted octanol–water partition coefficient (Wildman–Crippen LogP) is 3.88. The van der Waals surface area contributed by atoms with Gasteiger partial charge in [-0.3, -0.25) is 13.9 Å². The maximum Gasteiger partial charge on any atom is 0.242 e. The average Bonchev–Trinajstić information content (AvgIpc) is 2.84. The number of sulfonamides is 1. The van der Waals surface area contributed by atoms with Crippen LogP contribution in [0.3, 0.4) is 0 Å². The molecule has 2 aromatic carbocycles. The Labute approximate surface area is 215 Å². The summed E-state index contributed by atoms with van der Waals surface area (Å²) in [5.74, 6) is 0.260. The van der Waals surface area contributed by atoms with Gasteiger partial charge in [-0.2, -0.15) is 0 Å². The Hall–Kier alpha value is -3.07. The van der Waals surface area contributed by atoms with E-state index in [9.17, 15) is 18.0 Å². The zero-order valence-electron chi connectivity index (χ0n) is 22.0. The van der Waals surface area contributed by atoms with Crippen molar-refractivity contribution in [3.05, 3.63) is 59.7 Å². The third-order valence-electron chi connectivity index (χ3n) is 5.91. The summed E-state index contributed by atoms with van der Waals surface area (Å²) in [6.07, 6.45) is 2.37. The molecule has 0 heterocycles. The van der Waals surface area contributed by atoms with Crippen molar-refractivity contribution in [2.75, 3.05) is 30.3 Å². The molecule has 36 heavy (non-hydrogen) atoms. The lowest BCUT2D eigenvalue weighted by molar-refractivity contribution is -0.140. The fourth-order valence-electron chi connectivity index (χ4n) is 3.83. The zero-order valence-corrected chi connectivity index (χ0v) is 22.8. The van der Waals surface area contributed by atoms with Gasteiger partial charge in [0.15, 0.2) is 0 Å². The molecule has 0 bridgehead atoms. The first-order chi connectivity index (χ1) is 17.1. The monoisotopic (exact) mass is 517 g/mol. The molecule has 9 heteroatoms. The van der Waals surface area contributed by atoms with E-state index in [0.29, 0.717) is 37.6 Å². The lowest BCUT2D eigenvalue weighted by Gasteiger charge is -2.30. The second-order valence-electron chi connectivity index (χ2n) is 8.78. The molecule has 1 N–H and O–H groups in total. The standard InChI is InChI=1S/C27H39N3O5S/c1-6-18-28-27(32)22(4)29(20-23-12-9-8-11-21(23)3)26(31)13-10-19-30(36(5,33)34)24-14-16-25(17-15-24)35-7-2/h8-9,11-12,14-17,22H,6-7,10,13,18-20H2,1-5H3,(H,28,32)/t22-/m0/s1. The first kappa shape index (κ1) is 29.2. The van der Waals surface area contributed by atoms with Crippen LogP contribution in [0.5, 0.6) is 5.75 Å². The van der Waals surface area contributed by atoms with Gasteiger partial charge in [0, 0.05) is 26.1 Å². The van der Waals surface area contributed by atoms with Gasteiger partial charge in [0.1, 0.15) is 11.8 Å². The van der Waals surface area contributed by atoms with E-state index < -0.39 is 16.1 Å². The molecular weight excluding hydrogens is 478 g/mol. The lowest BCUT2D eigenvalue weighted by atomic mass is 10.1. The lowest BCUT2D eigenvalue weighted by Crippen LogP contribution is -2.48. The predicted molar refractivity (Wildman–Crippen MR) is 144 cm³/mol. The van der Waals surface area contributed by atoms with Gasteiger partial charge >= 0.3 is 0 Å². The number of carbonyl (C=O) groups excluding carboxylic acids is 2. The Kier molecular flexibility index (Phi) is 11.2. The highest BCUT2D eigenvalue weighted by Crippen LogP contribution is 2.23. The van der Waals surface area contributed by atoms with Gasteiger partial charge in [-0.15, -0.1) is 0 Å². The van der Waals surface area contributed by atoms with Crippen molar-refractivity contribution in [3.8, 4) is 5.75 Å².